The smallest absolute Gasteiger partial charge is 0.0492 e. The van der Waals surface area contributed by atoms with Gasteiger partial charge in [0.25, 0.3) is 0 Å². The van der Waals surface area contributed by atoms with Crippen LogP contribution >= 0.6 is 22.9 Å². The van der Waals surface area contributed by atoms with Gasteiger partial charge in [-0.15, -0.1) is 11.3 Å². The second kappa shape index (κ2) is 3.52. The van der Waals surface area contributed by atoms with Crippen molar-refractivity contribution in [1.29, 1.82) is 0 Å². The average molecular weight is 209 g/mol. The van der Waals surface area contributed by atoms with Crippen molar-refractivity contribution in [1.82, 2.24) is 0 Å². The molecule has 0 spiro atoms. The van der Waals surface area contributed by atoms with Gasteiger partial charge in [-0.1, -0.05) is 29.8 Å². The van der Waals surface area contributed by atoms with Crippen LogP contribution in [0.25, 0.3) is 10.4 Å². The van der Waals surface area contributed by atoms with Gasteiger partial charge < -0.3 is 0 Å². The van der Waals surface area contributed by atoms with E-state index < -0.39 is 0 Å². The molecule has 66 valence electrons. The molecule has 1 aromatic heterocycles. The maximum Gasteiger partial charge on any atom is 0.0492 e. The highest BCUT2D eigenvalue weighted by Crippen LogP contribution is 2.32. The molecule has 0 saturated carbocycles. The molecular formula is C11H9ClS. The maximum absolute atomic E-state index is 6.07. The Balaban J connectivity index is 2.52. The second-order valence-electron chi connectivity index (χ2n) is 2.97. The maximum atomic E-state index is 6.07. The van der Waals surface area contributed by atoms with Gasteiger partial charge in [-0.3, -0.25) is 0 Å². The van der Waals surface area contributed by atoms with Gasteiger partial charge >= 0.3 is 0 Å². The summed E-state index contributed by atoms with van der Waals surface area (Å²) in [6.45, 7) is 2.09. The molecule has 0 bridgehead atoms. The Bertz CT molecular complexity index is 418. The molecule has 13 heavy (non-hydrogen) atoms. The summed E-state index contributed by atoms with van der Waals surface area (Å²) < 4.78 is 0. The van der Waals surface area contributed by atoms with Crippen LogP contribution in [0.15, 0.2) is 35.7 Å². The van der Waals surface area contributed by atoms with Crippen LogP contribution in [0.4, 0.5) is 0 Å². The van der Waals surface area contributed by atoms with E-state index in [4.69, 9.17) is 11.6 Å². The topological polar surface area (TPSA) is 0 Å². The third-order valence-electron chi connectivity index (χ3n) is 1.87. The first-order valence-electron chi connectivity index (χ1n) is 4.07. The standard InChI is InChI=1S/C11H9ClS/c1-8-6-11(13-7-8)9-4-2-3-5-10(9)12/h2-7H,1H3. The fraction of sp³-hybridized carbons (Fsp3) is 0.0909. The van der Waals surface area contributed by atoms with Crippen molar-refractivity contribution in [3.8, 4) is 10.4 Å². The molecule has 0 aliphatic rings. The minimum absolute atomic E-state index is 0.823. The molecule has 1 heterocycles. The summed E-state index contributed by atoms with van der Waals surface area (Å²) >= 11 is 7.81. The van der Waals surface area contributed by atoms with E-state index in [2.05, 4.69) is 18.4 Å². The monoisotopic (exact) mass is 208 g/mol. The van der Waals surface area contributed by atoms with Crippen LogP contribution in [0, 0.1) is 6.92 Å². The van der Waals surface area contributed by atoms with E-state index in [1.165, 1.54) is 10.4 Å². The van der Waals surface area contributed by atoms with Crippen molar-refractivity contribution in [2.45, 2.75) is 6.92 Å². The number of benzene rings is 1. The fourth-order valence-electron chi connectivity index (χ4n) is 1.23. The van der Waals surface area contributed by atoms with Gasteiger partial charge in [-0.05, 0) is 30.0 Å². The van der Waals surface area contributed by atoms with E-state index in [-0.39, 0.29) is 0 Å². The zero-order chi connectivity index (χ0) is 9.26. The van der Waals surface area contributed by atoms with Crippen LogP contribution in [0.3, 0.4) is 0 Å². The minimum atomic E-state index is 0.823. The molecule has 0 aliphatic carbocycles. The normalized spacial score (nSPS) is 10.3. The largest absolute Gasteiger partial charge is 0.144 e. The number of hydrogen-bond donors (Lipinski definition) is 0. The van der Waals surface area contributed by atoms with E-state index in [0.717, 1.165) is 10.6 Å². The molecule has 2 aromatic rings. The Hall–Kier alpha value is -0.790. The Morgan fingerprint density at radius 2 is 2.00 bits per heavy atom. The van der Waals surface area contributed by atoms with Crippen molar-refractivity contribution in [3.63, 3.8) is 0 Å². The summed E-state index contributed by atoms with van der Waals surface area (Å²) in [6.07, 6.45) is 0. The highest BCUT2D eigenvalue weighted by atomic mass is 35.5. The second-order valence-corrected chi connectivity index (χ2v) is 4.29. The SMILES string of the molecule is Cc1csc(-c2ccccc2Cl)c1. The van der Waals surface area contributed by atoms with Gasteiger partial charge in [0.2, 0.25) is 0 Å². The van der Waals surface area contributed by atoms with E-state index in [0.29, 0.717) is 0 Å². The summed E-state index contributed by atoms with van der Waals surface area (Å²) in [7, 11) is 0. The van der Waals surface area contributed by atoms with Crippen LogP contribution < -0.4 is 0 Å². The molecule has 2 rings (SSSR count). The Morgan fingerprint density at radius 3 is 2.62 bits per heavy atom. The third-order valence-corrected chi connectivity index (χ3v) is 3.28. The molecule has 1 aromatic carbocycles. The average Bonchev–Trinajstić information content (AvgIpc) is 2.53. The molecule has 0 radical (unpaired) electrons. The van der Waals surface area contributed by atoms with Crippen molar-refractivity contribution in [2.24, 2.45) is 0 Å². The van der Waals surface area contributed by atoms with Gasteiger partial charge in [-0.2, -0.15) is 0 Å². The number of thiophene rings is 1. The van der Waals surface area contributed by atoms with Crippen LogP contribution in [0.1, 0.15) is 5.56 Å². The minimum Gasteiger partial charge on any atom is -0.144 e. The van der Waals surface area contributed by atoms with E-state index in [1.54, 1.807) is 11.3 Å². The predicted molar refractivity (Wildman–Crippen MR) is 59.5 cm³/mol. The van der Waals surface area contributed by atoms with Gasteiger partial charge in [-0.25, -0.2) is 0 Å². The quantitative estimate of drug-likeness (QED) is 0.653. The van der Waals surface area contributed by atoms with Gasteiger partial charge in [0, 0.05) is 15.5 Å². The Morgan fingerprint density at radius 1 is 1.23 bits per heavy atom. The van der Waals surface area contributed by atoms with Crippen LogP contribution in [0.2, 0.25) is 5.02 Å². The highest BCUT2D eigenvalue weighted by molar-refractivity contribution is 7.13. The molecule has 0 nitrogen and oxygen atoms in total. The van der Waals surface area contributed by atoms with Gasteiger partial charge in [0.15, 0.2) is 0 Å². The first-order chi connectivity index (χ1) is 6.27. The molecule has 0 fully saturated rings. The summed E-state index contributed by atoms with van der Waals surface area (Å²) in [5, 5.41) is 2.96. The van der Waals surface area contributed by atoms with Crippen molar-refractivity contribution in [3.05, 3.63) is 46.3 Å². The first kappa shape index (κ1) is 8.79. The molecule has 2 heteroatoms. The van der Waals surface area contributed by atoms with Crippen molar-refractivity contribution < 1.29 is 0 Å². The lowest BCUT2D eigenvalue weighted by Crippen LogP contribution is -1.72. The zero-order valence-corrected chi connectivity index (χ0v) is 8.82. The number of hydrogen-bond acceptors (Lipinski definition) is 1. The summed E-state index contributed by atoms with van der Waals surface area (Å²) in [4.78, 5) is 1.24. The van der Waals surface area contributed by atoms with Crippen LogP contribution in [-0.4, -0.2) is 0 Å². The lowest BCUT2D eigenvalue weighted by Gasteiger charge is -1.98. The van der Waals surface area contributed by atoms with Crippen LogP contribution in [-0.2, 0) is 0 Å². The zero-order valence-electron chi connectivity index (χ0n) is 7.25. The van der Waals surface area contributed by atoms with E-state index in [1.807, 2.05) is 24.3 Å². The molecule has 0 unspecified atom stereocenters. The van der Waals surface area contributed by atoms with Gasteiger partial charge in [0.05, 0.1) is 0 Å². The summed E-state index contributed by atoms with van der Waals surface area (Å²) in [5.74, 6) is 0. The fourth-order valence-corrected chi connectivity index (χ4v) is 2.47. The lowest BCUT2D eigenvalue weighted by molar-refractivity contribution is 1.55. The molecular weight excluding hydrogens is 200 g/mol. The molecule has 0 amide bonds. The summed E-state index contributed by atoms with van der Waals surface area (Å²) in [6, 6.07) is 10.1. The summed E-state index contributed by atoms with van der Waals surface area (Å²) in [5.41, 5.74) is 2.42. The molecule has 0 saturated heterocycles. The molecule has 0 aliphatic heterocycles. The van der Waals surface area contributed by atoms with E-state index >= 15 is 0 Å². The number of rotatable bonds is 1. The number of aryl methyl sites for hydroxylation is 1. The third kappa shape index (κ3) is 1.77. The molecule has 0 atom stereocenters. The molecule has 0 N–H and O–H groups in total. The lowest BCUT2D eigenvalue weighted by atomic mass is 10.2. The van der Waals surface area contributed by atoms with E-state index in [9.17, 15) is 0 Å². The Kier molecular flexibility index (Phi) is 2.38. The van der Waals surface area contributed by atoms with Crippen molar-refractivity contribution >= 4 is 22.9 Å². The van der Waals surface area contributed by atoms with Crippen LogP contribution in [0.5, 0.6) is 0 Å². The number of halogens is 1. The first-order valence-corrected chi connectivity index (χ1v) is 5.33. The highest BCUT2D eigenvalue weighted by Gasteiger charge is 2.03. The predicted octanol–water partition coefficient (Wildman–Crippen LogP) is 4.38. The van der Waals surface area contributed by atoms with Crippen molar-refractivity contribution in [2.75, 3.05) is 0 Å². The Labute approximate surface area is 86.8 Å². The van der Waals surface area contributed by atoms with Gasteiger partial charge in [0.1, 0.15) is 0 Å².